The zero-order valence-electron chi connectivity index (χ0n) is 9.88. The number of hydrogen-bond acceptors (Lipinski definition) is 5. The minimum absolute atomic E-state index is 0.184. The van der Waals surface area contributed by atoms with Gasteiger partial charge in [0.05, 0.1) is 6.20 Å². The summed E-state index contributed by atoms with van der Waals surface area (Å²) in [5.74, 6) is 0.559. The van der Waals surface area contributed by atoms with Gasteiger partial charge in [-0.2, -0.15) is 4.98 Å². The van der Waals surface area contributed by atoms with E-state index in [1.165, 1.54) is 5.56 Å². The molecule has 0 spiro atoms. The fourth-order valence-electron chi connectivity index (χ4n) is 1.57. The number of nitrogens with two attached hydrogens (primary N) is 2. The minimum Gasteiger partial charge on any atom is -0.382 e. The van der Waals surface area contributed by atoms with Crippen LogP contribution in [0.3, 0.4) is 0 Å². The third-order valence-corrected chi connectivity index (χ3v) is 2.60. The van der Waals surface area contributed by atoms with Gasteiger partial charge in [-0.15, -0.1) is 0 Å². The zero-order valence-corrected chi connectivity index (χ0v) is 9.88. The standard InChI is InChI=1S/C12H15N5/c1-8-3-5-9(6-4-8)17(2)10-7-15-12(14)16-11(10)13/h3-7H,1-2H3,(H4,13,14,15,16). The van der Waals surface area contributed by atoms with Crippen molar-refractivity contribution in [3.05, 3.63) is 36.0 Å². The first-order valence-electron chi connectivity index (χ1n) is 5.26. The van der Waals surface area contributed by atoms with E-state index in [1.807, 2.05) is 43.1 Å². The summed E-state index contributed by atoms with van der Waals surface area (Å²) in [5, 5.41) is 0. The number of nitrogens with zero attached hydrogens (tertiary/aromatic N) is 3. The van der Waals surface area contributed by atoms with Crippen LogP contribution in [0.4, 0.5) is 23.1 Å². The topological polar surface area (TPSA) is 81.1 Å². The van der Waals surface area contributed by atoms with E-state index in [9.17, 15) is 0 Å². The third kappa shape index (κ3) is 2.28. The summed E-state index contributed by atoms with van der Waals surface area (Å²) in [5.41, 5.74) is 14.3. The highest BCUT2D eigenvalue weighted by Gasteiger charge is 2.09. The molecule has 1 aromatic heterocycles. The van der Waals surface area contributed by atoms with Gasteiger partial charge in [0, 0.05) is 12.7 Å². The monoisotopic (exact) mass is 229 g/mol. The maximum Gasteiger partial charge on any atom is 0.222 e. The van der Waals surface area contributed by atoms with E-state index < -0.39 is 0 Å². The number of anilines is 4. The van der Waals surface area contributed by atoms with Crippen LogP contribution >= 0.6 is 0 Å². The lowest BCUT2D eigenvalue weighted by atomic mass is 10.2. The van der Waals surface area contributed by atoms with Gasteiger partial charge in [0.2, 0.25) is 5.95 Å². The number of benzene rings is 1. The Morgan fingerprint density at radius 1 is 1.12 bits per heavy atom. The summed E-state index contributed by atoms with van der Waals surface area (Å²) >= 11 is 0. The van der Waals surface area contributed by atoms with Crippen molar-refractivity contribution < 1.29 is 0 Å². The van der Waals surface area contributed by atoms with Gasteiger partial charge in [0.1, 0.15) is 5.69 Å². The van der Waals surface area contributed by atoms with Gasteiger partial charge in [-0.05, 0) is 19.1 Å². The van der Waals surface area contributed by atoms with Crippen molar-refractivity contribution >= 4 is 23.1 Å². The Balaban J connectivity index is 2.36. The number of nitrogen functional groups attached to an aromatic ring is 2. The molecule has 2 aromatic rings. The van der Waals surface area contributed by atoms with E-state index >= 15 is 0 Å². The summed E-state index contributed by atoms with van der Waals surface area (Å²) in [6.07, 6.45) is 1.62. The molecule has 0 aliphatic carbocycles. The van der Waals surface area contributed by atoms with Gasteiger partial charge >= 0.3 is 0 Å². The lowest BCUT2D eigenvalue weighted by molar-refractivity contribution is 1.12. The summed E-state index contributed by atoms with van der Waals surface area (Å²) in [6.45, 7) is 2.05. The molecule has 5 nitrogen and oxygen atoms in total. The van der Waals surface area contributed by atoms with Crippen molar-refractivity contribution in [2.24, 2.45) is 0 Å². The lowest BCUT2D eigenvalue weighted by Crippen LogP contribution is -2.13. The molecular formula is C12H15N5. The molecule has 0 atom stereocenters. The molecule has 5 heteroatoms. The molecule has 88 valence electrons. The fourth-order valence-corrected chi connectivity index (χ4v) is 1.57. The first kappa shape index (κ1) is 11.2. The van der Waals surface area contributed by atoms with Crippen LogP contribution in [0, 0.1) is 6.92 Å². The van der Waals surface area contributed by atoms with Crippen molar-refractivity contribution in [2.75, 3.05) is 23.4 Å². The molecular weight excluding hydrogens is 214 g/mol. The smallest absolute Gasteiger partial charge is 0.222 e. The van der Waals surface area contributed by atoms with Crippen molar-refractivity contribution in [3.8, 4) is 0 Å². The van der Waals surface area contributed by atoms with Crippen LogP contribution in [0.25, 0.3) is 0 Å². The Kier molecular flexibility index (Phi) is 2.82. The molecule has 0 aliphatic heterocycles. The molecule has 17 heavy (non-hydrogen) atoms. The summed E-state index contributed by atoms with van der Waals surface area (Å²) < 4.78 is 0. The van der Waals surface area contributed by atoms with Crippen molar-refractivity contribution in [2.45, 2.75) is 6.92 Å². The summed E-state index contributed by atoms with van der Waals surface area (Å²) in [6, 6.07) is 8.12. The molecule has 0 saturated heterocycles. The van der Waals surface area contributed by atoms with Gasteiger partial charge in [-0.3, -0.25) is 0 Å². The number of rotatable bonds is 2. The Morgan fingerprint density at radius 2 is 1.76 bits per heavy atom. The Bertz CT molecular complexity index is 521. The molecule has 0 amide bonds. The third-order valence-electron chi connectivity index (χ3n) is 2.60. The zero-order chi connectivity index (χ0) is 12.4. The van der Waals surface area contributed by atoms with Crippen LogP contribution in [0.5, 0.6) is 0 Å². The lowest BCUT2D eigenvalue weighted by Gasteiger charge is -2.20. The number of aromatic nitrogens is 2. The average Bonchev–Trinajstić information content (AvgIpc) is 2.29. The van der Waals surface area contributed by atoms with E-state index in [0.29, 0.717) is 5.82 Å². The molecule has 0 unspecified atom stereocenters. The molecule has 1 aromatic carbocycles. The second-order valence-electron chi connectivity index (χ2n) is 3.89. The van der Waals surface area contributed by atoms with E-state index in [-0.39, 0.29) is 5.95 Å². The minimum atomic E-state index is 0.184. The molecule has 1 heterocycles. The van der Waals surface area contributed by atoms with E-state index in [0.717, 1.165) is 11.4 Å². The maximum absolute atomic E-state index is 5.82. The Morgan fingerprint density at radius 3 is 2.35 bits per heavy atom. The van der Waals surface area contributed by atoms with Crippen LogP contribution in [0.15, 0.2) is 30.5 Å². The molecule has 0 bridgehead atoms. The SMILES string of the molecule is Cc1ccc(N(C)c2cnc(N)nc2N)cc1. The molecule has 4 N–H and O–H groups in total. The molecule has 0 radical (unpaired) electrons. The molecule has 2 rings (SSSR count). The number of aryl methyl sites for hydroxylation is 1. The van der Waals surface area contributed by atoms with Gasteiger partial charge in [-0.25, -0.2) is 4.98 Å². The highest BCUT2D eigenvalue weighted by atomic mass is 15.2. The summed E-state index contributed by atoms with van der Waals surface area (Å²) in [7, 11) is 1.91. The van der Waals surface area contributed by atoms with Crippen molar-refractivity contribution in [1.82, 2.24) is 9.97 Å². The largest absolute Gasteiger partial charge is 0.382 e. The van der Waals surface area contributed by atoms with Gasteiger partial charge < -0.3 is 16.4 Å². The summed E-state index contributed by atoms with van der Waals surface area (Å²) in [4.78, 5) is 9.81. The van der Waals surface area contributed by atoms with Crippen LogP contribution in [0.2, 0.25) is 0 Å². The molecule has 0 fully saturated rings. The van der Waals surface area contributed by atoms with Gasteiger partial charge in [0.25, 0.3) is 0 Å². The average molecular weight is 229 g/mol. The van der Waals surface area contributed by atoms with Crippen LogP contribution in [0.1, 0.15) is 5.56 Å². The highest BCUT2D eigenvalue weighted by Crippen LogP contribution is 2.27. The molecule has 0 saturated carbocycles. The maximum atomic E-state index is 5.82. The second-order valence-corrected chi connectivity index (χ2v) is 3.89. The van der Waals surface area contributed by atoms with Crippen LogP contribution < -0.4 is 16.4 Å². The fraction of sp³-hybridized carbons (Fsp3) is 0.167. The Hall–Kier alpha value is -2.30. The quantitative estimate of drug-likeness (QED) is 0.819. The van der Waals surface area contributed by atoms with E-state index in [1.54, 1.807) is 6.20 Å². The van der Waals surface area contributed by atoms with Crippen LogP contribution in [-0.2, 0) is 0 Å². The molecule has 0 aliphatic rings. The van der Waals surface area contributed by atoms with E-state index in [4.69, 9.17) is 11.5 Å². The first-order chi connectivity index (χ1) is 8.08. The van der Waals surface area contributed by atoms with Crippen molar-refractivity contribution in [3.63, 3.8) is 0 Å². The second kappa shape index (κ2) is 4.29. The van der Waals surface area contributed by atoms with Crippen LogP contribution in [-0.4, -0.2) is 17.0 Å². The predicted molar refractivity (Wildman–Crippen MR) is 70.1 cm³/mol. The van der Waals surface area contributed by atoms with Gasteiger partial charge in [0.15, 0.2) is 5.82 Å². The Labute approximate surface area is 100 Å². The van der Waals surface area contributed by atoms with E-state index in [2.05, 4.69) is 9.97 Å². The first-order valence-corrected chi connectivity index (χ1v) is 5.26. The number of hydrogen-bond donors (Lipinski definition) is 2. The normalized spacial score (nSPS) is 10.2. The highest BCUT2D eigenvalue weighted by molar-refractivity contribution is 5.71. The van der Waals surface area contributed by atoms with Gasteiger partial charge in [-0.1, -0.05) is 17.7 Å². The van der Waals surface area contributed by atoms with Crippen molar-refractivity contribution in [1.29, 1.82) is 0 Å². The predicted octanol–water partition coefficient (Wildman–Crippen LogP) is 1.72.